The Hall–Kier alpha value is -1.50. The summed E-state index contributed by atoms with van der Waals surface area (Å²) in [6.07, 6.45) is 1.96. The van der Waals surface area contributed by atoms with Crippen LogP contribution >= 0.6 is 0 Å². The first-order valence-electron chi connectivity index (χ1n) is 4.92. The second-order valence-corrected chi connectivity index (χ2v) is 3.37. The molecule has 1 heterocycles. The van der Waals surface area contributed by atoms with Gasteiger partial charge in [0.1, 0.15) is 0 Å². The molecule has 1 aromatic heterocycles. The molecule has 0 saturated carbocycles. The zero-order chi connectivity index (χ0) is 9.80. The van der Waals surface area contributed by atoms with Crippen molar-refractivity contribution >= 4 is 0 Å². The number of rotatable bonds is 3. The SMILES string of the molecule is [CH2]CCc1ccc(-c2ccccc2)[nH]1. The van der Waals surface area contributed by atoms with Gasteiger partial charge in [-0.15, -0.1) is 0 Å². The van der Waals surface area contributed by atoms with Gasteiger partial charge in [0.15, 0.2) is 0 Å². The highest BCUT2D eigenvalue weighted by molar-refractivity contribution is 5.59. The topological polar surface area (TPSA) is 15.8 Å². The summed E-state index contributed by atoms with van der Waals surface area (Å²) in [5.41, 5.74) is 3.69. The van der Waals surface area contributed by atoms with Crippen LogP contribution < -0.4 is 0 Å². The molecular weight excluding hydrogens is 170 g/mol. The van der Waals surface area contributed by atoms with Crippen molar-refractivity contribution in [2.75, 3.05) is 0 Å². The van der Waals surface area contributed by atoms with Gasteiger partial charge in [0, 0.05) is 11.4 Å². The first-order valence-corrected chi connectivity index (χ1v) is 4.92. The Morgan fingerprint density at radius 2 is 1.79 bits per heavy atom. The molecule has 0 saturated heterocycles. The molecule has 2 aromatic rings. The number of hydrogen-bond donors (Lipinski definition) is 1. The molecule has 0 fully saturated rings. The highest BCUT2D eigenvalue weighted by Crippen LogP contribution is 2.18. The summed E-state index contributed by atoms with van der Waals surface area (Å²) in [6.45, 7) is 3.84. The summed E-state index contributed by atoms with van der Waals surface area (Å²) in [7, 11) is 0. The molecule has 0 bridgehead atoms. The number of hydrogen-bond acceptors (Lipinski definition) is 0. The molecule has 0 aliphatic carbocycles. The fraction of sp³-hybridized carbons (Fsp3) is 0.154. The second kappa shape index (κ2) is 4.14. The van der Waals surface area contributed by atoms with Gasteiger partial charge in [-0.2, -0.15) is 0 Å². The van der Waals surface area contributed by atoms with E-state index in [4.69, 9.17) is 0 Å². The van der Waals surface area contributed by atoms with Crippen molar-refractivity contribution in [3.63, 3.8) is 0 Å². The minimum Gasteiger partial charge on any atom is -0.358 e. The van der Waals surface area contributed by atoms with Crippen molar-refractivity contribution in [2.45, 2.75) is 12.8 Å². The smallest absolute Gasteiger partial charge is 0.0456 e. The average molecular weight is 184 g/mol. The number of H-pyrrole nitrogens is 1. The van der Waals surface area contributed by atoms with Crippen molar-refractivity contribution < 1.29 is 0 Å². The Kier molecular flexibility index (Phi) is 2.68. The molecule has 1 aromatic carbocycles. The van der Waals surface area contributed by atoms with E-state index in [1.165, 1.54) is 17.0 Å². The first kappa shape index (κ1) is 9.07. The summed E-state index contributed by atoms with van der Waals surface area (Å²) in [5, 5.41) is 0. The van der Waals surface area contributed by atoms with Gasteiger partial charge < -0.3 is 4.98 Å². The summed E-state index contributed by atoms with van der Waals surface area (Å²) in [6, 6.07) is 14.6. The van der Waals surface area contributed by atoms with Crippen LogP contribution in [0.1, 0.15) is 12.1 Å². The van der Waals surface area contributed by atoms with Crippen LogP contribution in [0.4, 0.5) is 0 Å². The third-order valence-corrected chi connectivity index (χ3v) is 2.28. The zero-order valence-corrected chi connectivity index (χ0v) is 8.16. The second-order valence-electron chi connectivity index (χ2n) is 3.37. The molecule has 0 spiro atoms. The molecule has 0 unspecified atom stereocenters. The standard InChI is InChI=1S/C13H14N/c1-2-6-12-9-10-13(14-12)11-7-4-3-5-8-11/h3-5,7-10,14H,1-2,6H2. The predicted octanol–water partition coefficient (Wildman–Crippen LogP) is 3.45. The third kappa shape index (κ3) is 1.87. The van der Waals surface area contributed by atoms with Crippen LogP contribution in [0.5, 0.6) is 0 Å². The van der Waals surface area contributed by atoms with E-state index in [1.807, 2.05) is 6.07 Å². The van der Waals surface area contributed by atoms with Gasteiger partial charge in [0.2, 0.25) is 0 Å². The van der Waals surface area contributed by atoms with Gasteiger partial charge >= 0.3 is 0 Å². The van der Waals surface area contributed by atoms with E-state index in [0.717, 1.165) is 12.8 Å². The Bertz CT molecular complexity index is 387. The lowest BCUT2D eigenvalue weighted by Gasteiger charge is -1.97. The van der Waals surface area contributed by atoms with Crippen molar-refractivity contribution in [3.8, 4) is 11.3 Å². The summed E-state index contributed by atoms with van der Waals surface area (Å²) in [5.74, 6) is 0. The number of aromatic amines is 1. The molecule has 1 N–H and O–H groups in total. The molecule has 0 amide bonds. The van der Waals surface area contributed by atoms with Crippen molar-refractivity contribution in [1.82, 2.24) is 4.98 Å². The Labute approximate surface area is 84.8 Å². The monoisotopic (exact) mass is 184 g/mol. The van der Waals surface area contributed by atoms with E-state index in [2.05, 4.69) is 48.3 Å². The normalized spacial score (nSPS) is 10.4. The maximum atomic E-state index is 3.84. The number of nitrogens with one attached hydrogen (secondary N) is 1. The molecule has 0 atom stereocenters. The average Bonchev–Trinajstić information content (AvgIpc) is 2.68. The first-order chi connectivity index (χ1) is 6.90. The molecule has 0 aliphatic rings. The fourth-order valence-corrected chi connectivity index (χ4v) is 1.56. The lowest BCUT2D eigenvalue weighted by atomic mass is 10.2. The van der Waals surface area contributed by atoms with Crippen molar-refractivity contribution in [2.24, 2.45) is 0 Å². The summed E-state index contributed by atoms with van der Waals surface area (Å²) >= 11 is 0. The quantitative estimate of drug-likeness (QED) is 0.752. The van der Waals surface area contributed by atoms with Gasteiger partial charge in [-0.05, 0) is 30.5 Å². The number of benzene rings is 1. The third-order valence-electron chi connectivity index (χ3n) is 2.28. The predicted molar refractivity (Wildman–Crippen MR) is 59.9 cm³/mol. The lowest BCUT2D eigenvalue weighted by Crippen LogP contribution is -1.82. The lowest BCUT2D eigenvalue weighted by molar-refractivity contribution is 0.958. The van der Waals surface area contributed by atoms with Crippen LogP contribution in [0.15, 0.2) is 42.5 Å². The van der Waals surface area contributed by atoms with Crippen LogP contribution in [-0.4, -0.2) is 4.98 Å². The van der Waals surface area contributed by atoms with Crippen LogP contribution in [0, 0.1) is 6.92 Å². The fourth-order valence-electron chi connectivity index (χ4n) is 1.56. The van der Waals surface area contributed by atoms with Gasteiger partial charge in [-0.1, -0.05) is 37.3 Å². The van der Waals surface area contributed by atoms with Gasteiger partial charge in [0.05, 0.1) is 0 Å². The molecule has 1 heteroatoms. The molecule has 1 nitrogen and oxygen atoms in total. The van der Waals surface area contributed by atoms with E-state index in [0.29, 0.717) is 0 Å². The van der Waals surface area contributed by atoms with Gasteiger partial charge in [0.25, 0.3) is 0 Å². The Balaban J connectivity index is 2.25. The number of aryl methyl sites for hydroxylation is 1. The van der Waals surface area contributed by atoms with Gasteiger partial charge in [-0.3, -0.25) is 0 Å². The highest BCUT2D eigenvalue weighted by atomic mass is 14.7. The van der Waals surface area contributed by atoms with Crippen molar-refractivity contribution in [1.29, 1.82) is 0 Å². The largest absolute Gasteiger partial charge is 0.358 e. The molecular formula is C13H14N. The van der Waals surface area contributed by atoms with E-state index < -0.39 is 0 Å². The van der Waals surface area contributed by atoms with Crippen molar-refractivity contribution in [3.05, 3.63) is 55.1 Å². The number of aromatic nitrogens is 1. The Morgan fingerprint density at radius 1 is 1.00 bits per heavy atom. The molecule has 71 valence electrons. The maximum absolute atomic E-state index is 3.84. The van der Waals surface area contributed by atoms with Crippen LogP contribution in [0.3, 0.4) is 0 Å². The minimum absolute atomic E-state index is 0.939. The summed E-state index contributed by atoms with van der Waals surface area (Å²) < 4.78 is 0. The van der Waals surface area contributed by atoms with Crippen LogP contribution in [0.2, 0.25) is 0 Å². The molecule has 2 rings (SSSR count). The van der Waals surface area contributed by atoms with E-state index >= 15 is 0 Å². The maximum Gasteiger partial charge on any atom is 0.0456 e. The van der Waals surface area contributed by atoms with Crippen LogP contribution in [-0.2, 0) is 6.42 Å². The van der Waals surface area contributed by atoms with Crippen LogP contribution in [0.25, 0.3) is 11.3 Å². The van der Waals surface area contributed by atoms with E-state index in [9.17, 15) is 0 Å². The Morgan fingerprint density at radius 3 is 2.50 bits per heavy atom. The van der Waals surface area contributed by atoms with E-state index in [-0.39, 0.29) is 0 Å². The van der Waals surface area contributed by atoms with Gasteiger partial charge in [-0.25, -0.2) is 0 Å². The highest BCUT2D eigenvalue weighted by Gasteiger charge is 1.99. The molecule has 1 radical (unpaired) electrons. The summed E-state index contributed by atoms with van der Waals surface area (Å²) in [4.78, 5) is 3.39. The molecule has 0 aliphatic heterocycles. The minimum atomic E-state index is 0.939. The van der Waals surface area contributed by atoms with E-state index in [1.54, 1.807) is 0 Å². The molecule has 14 heavy (non-hydrogen) atoms. The zero-order valence-electron chi connectivity index (χ0n) is 8.16.